The minimum atomic E-state index is -0.824. The van der Waals surface area contributed by atoms with Gasteiger partial charge in [0, 0.05) is 61.1 Å². The van der Waals surface area contributed by atoms with Gasteiger partial charge in [-0.1, -0.05) is 18.9 Å². The summed E-state index contributed by atoms with van der Waals surface area (Å²) in [6.07, 6.45) is 12.4. The van der Waals surface area contributed by atoms with E-state index in [9.17, 15) is 9.90 Å². The zero-order chi connectivity index (χ0) is 25.9. The number of thiazole rings is 1. The number of carboxylic acids is 1. The van der Waals surface area contributed by atoms with Crippen LogP contribution >= 0.6 is 11.3 Å². The van der Waals surface area contributed by atoms with Crippen LogP contribution in [0.4, 0.5) is 11.5 Å². The minimum Gasteiger partial charge on any atom is -0.481 e. The number of pyridine rings is 2. The summed E-state index contributed by atoms with van der Waals surface area (Å²) in [5, 5.41) is 16.0. The number of ether oxygens (including phenoxy) is 1. The van der Waals surface area contributed by atoms with Crippen LogP contribution in [0.25, 0.3) is 0 Å². The first-order valence-corrected chi connectivity index (χ1v) is 14.1. The van der Waals surface area contributed by atoms with E-state index in [1.165, 1.54) is 31.4 Å². The van der Waals surface area contributed by atoms with Crippen molar-refractivity contribution in [2.75, 3.05) is 37.0 Å². The molecule has 0 radical (unpaired) electrons. The highest BCUT2D eigenvalue weighted by Crippen LogP contribution is 2.26. The standard InChI is InChI=1S/C28H37N5O3S/c1-36-26-10-9-21(19-31-26)22(17-28(34)35)16-23-20-37-27(32-23)8-4-5-12-29-25-18-24(11-13-30-25)33-14-6-2-3-7-15-33/h9-11,13,18-20,22H,2-8,12,14-17H2,1H3,(H,29,30)(H,34,35). The monoisotopic (exact) mass is 523 g/mol. The maximum absolute atomic E-state index is 11.4. The average Bonchev–Trinajstić information content (AvgIpc) is 3.17. The van der Waals surface area contributed by atoms with Crippen LogP contribution in [0.2, 0.25) is 0 Å². The lowest BCUT2D eigenvalue weighted by molar-refractivity contribution is -0.137. The van der Waals surface area contributed by atoms with Crippen LogP contribution in [0.15, 0.2) is 42.0 Å². The van der Waals surface area contributed by atoms with Gasteiger partial charge in [0.1, 0.15) is 5.82 Å². The zero-order valence-electron chi connectivity index (χ0n) is 21.6. The number of aryl methyl sites for hydroxylation is 1. The van der Waals surface area contributed by atoms with Crippen molar-refractivity contribution in [1.29, 1.82) is 0 Å². The third-order valence-corrected chi connectivity index (χ3v) is 7.71. The average molecular weight is 524 g/mol. The Bertz CT molecular complexity index is 1110. The van der Waals surface area contributed by atoms with Gasteiger partial charge >= 0.3 is 5.97 Å². The number of nitrogens with zero attached hydrogens (tertiary/aromatic N) is 4. The molecular formula is C28H37N5O3S. The fourth-order valence-corrected chi connectivity index (χ4v) is 5.60. The van der Waals surface area contributed by atoms with Crippen molar-refractivity contribution in [2.24, 2.45) is 0 Å². The second-order valence-corrected chi connectivity index (χ2v) is 10.5. The third-order valence-electron chi connectivity index (χ3n) is 6.75. The first-order valence-electron chi connectivity index (χ1n) is 13.2. The van der Waals surface area contributed by atoms with Gasteiger partial charge in [0.25, 0.3) is 0 Å². The first-order chi connectivity index (χ1) is 18.1. The highest BCUT2D eigenvalue weighted by atomic mass is 32.1. The van der Waals surface area contributed by atoms with Crippen LogP contribution in [0.1, 0.15) is 67.1 Å². The molecule has 1 aliphatic rings. The van der Waals surface area contributed by atoms with Crippen molar-refractivity contribution >= 4 is 28.8 Å². The van der Waals surface area contributed by atoms with E-state index >= 15 is 0 Å². The molecule has 0 saturated carbocycles. The molecule has 0 spiro atoms. The molecule has 0 aromatic carbocycles. The van der Waals surface area contributed by atoms with Gasteiger partial charge in [-0.05, 0) is 50.2 Å². The molecule has 1 saturated heterocycles. The number of carbonyl (C=O) groups is 1. The highest BCUT2D eigenvalue weighted by molar-refractivity contribution is 7.09. The van der Waals surface area contributed by atoms with E-state index in [1.54, 1.807) is 30.7 Å². The van der Waals surface area contributed by atoms with Gasteiger partial charge in [-0.2, -0.15) is 0 Å². The Kier molecular flexibility index (Phi) is 10.1. The number of nitrogens with one attached hydrogen (secondary N) is 1. The highest BCUT2D eigenvalue weighted by Gasteiger charge is 2.19. The van der Waals surface area contributed by atoms with Gasteiger partial charge in [-0.3, -0.25) is 4.79 Å². The van der Waals surface area contributed by atoms with Gasteiger partial charge in [-0.15, -0.1) is 11.3 Å². The van der Waals surface area contributed by atoms with Gasteiger partial charge in [0.2, 0.25) is 5.88 Å². The molecule has 3 aromatic heterocycles. The fraction of sp³-hybridized carbons (Fsp3) is 0.500. The molecule has 1 aliphatic heterocycles. The van der Waals surface area contributed by atoms with E-state index in [2.05, 4.69) is 37.7 Å². The van der Waals surface area contributed by atoms with Crippen molar-refractivity contribution < 1.29 is 14.6 Å². The number of aliphatic carboxylic acids is 1. The molecule has 37 heavy (non-hydrogen) atoms. The number of aromatic nitrogens is 3. The number of hydrogen-bond acceptors (Lipinski definition) is 8. The summed E-state index contributed by atoms with van der Waals surface area (Å²) < 4.78 is 5.12. The van der Waals surface area contributed by atoms with E-state index in [0.29, 0.717) is 12.3 Å². The van der Waals surface area contributed by atoms with Crippen molar-refractivity contribution in [3.63, 3.8) is 0 Å². The van der Waals surface area contributed by atoms with Crippen LogP contribution in [-0.2, 0) is 17.6 Å². The molecule has 3 aromatic rings. The number of unbranched alkanes of at least 4 members (excludes halogenated alkanes) is 1. The Morgan fingerprint density at radius 1 is 1.16 bits per heavy atom. The molecule has 1 atom stereocenters. The number of carboxylic acid groups (broad SMARTS) is 1. The van der Waals surface area contributed by atoms with Crippen molar-refractivity contribution in [2.45, 2.75) is 63.7 Å². The Morgan fingerprint density at radius 3 is 2.73 bits per heavy atom. The molecule has 0 aliphatic carbocycles. The third kappa shape index (κ3) is 8.42. The number of rotatable bonds is 13. The largest absolute Gasteiger partial charge is 0.481 e. The number of methoxy groups -OCH3 is 1. The van der Waals surface area contributed by atoms with Gasteiger partial charge < -0.3 is 20.1 Å². The lowest BCUT2D eigenvalue weighted by Crippen LogP contribution is -2.24. The second-order valence-electron chi connectivity index (χ2n) is 9.55. The maximum atomic E-state index is 11.4. The van der Waals surface area contributed by atoms with Crippen LogP contribution in [0, 0.1) is 0 Å². The van der Waals surface area contributed by atoms with Crippen LogP contribution in [0.3, 0.4) is 0 Å². The Morgan fingerprint density at radius 2 is 2.00 bits per heavy atom. The van der Waals surface area contributed by atoms with E-state index in [0.717, 1.165) is 61.0 Å². The summed E-state index contributed by atoms with van der Waals surface area (Å²) in [7, 11) is 1.56. The van der Waals surface area contributed by atoms with E-state index < -0.39 is 5.97 Å². The Balaban J connectivity index is 1.22. The molecule has 9 heteroatoms. The quantitative estimate of drug-likeness (QED) is 0.281. The Labute approximate surface area is 223 Å². The molecular weight excluding hydrogens is 486 g/mol. The van der Waals surface area contributed by atoms with Crippen LogP contribution in [0.5, 0.6) is 5.88 Å². The minimum absolute atomic E-state index is 0.0412. The summed E-state index contributed by atoms with van der Waals surface area (Å²) in [6.45, 7) is 3.14. The first kappa shape index (κ1) is 26.9. The zero-order valence-corrected chi connectivity index (χ0v) is 22.4. The number of hydrogen-bond donors (Lipinski definition) is 2. The summed E-state index contributed by atoms with van der Waals surface area (Å²) >= 11 is 1.65. The van der Waals surface area contributed by atoms with Gasteiger partial charge in [-0.25, -0.2) is 15.0 Å². The van der Waals surface area contributed by atoms with Crippen LogP contribution < -0.4 is 15.0 Å². The van der Waals surface area contributed by atoms with Gasteiger partial charge in [0.05, 0.1) is 24.2 Å². The lowest BCUT2D eigenvalue weighted by atomic mass is 9.92. The molecule has 1 unspecified atom stereocenters. The van der Waals surface area contributed by atoms with Crippen molar-refractivity contribution in [1.82, 2.24) is 15.0 Å². The lowest BCUT2D eigenvalue weighted by Gasteiger charge is -2.23. The predicted octanol–water partition coefficient (Wildman–Crippen LogP) is 5.56. The fourth-order valence-electron chi connectivity index (χ4n) is 4.74. The SMILES string of the molecule is COc1ccc(C(CC(=O)O)Cc2csc(CCCCNc3cc(N4CCCCCC4)ccn3)n2)cn1. The molecule has 8 nitrogen and oxygen atoms in total. The van der Waals surface area contributed by atoms with E-state index in [4.69, 9.17) is 9.72 Å². The maximum Gasteiger partial charge on any atom is 0.303 e. The normalized spacial score (nSPS) is 14.7. The molecule has 1 fully saturated rings. The number of anilines is 2. The van der Waals surface area contributed by atoms with Gasteiger partial charge in [0.15, 0.2) is 0 Å². The smallest absolute Gasteiger partial charge is 0.303 e. The second kappa shape index (κ2) is 13.9. The van der Waals surface area contributed by atoms with Crippen molar-refractivity contribution in [3.8, 4) is 5.88 Å². The summed E-state index contributed by atoms with van der Waals surface area (Å²) in [5.41, 5.74) is 3.09. The van der Waals surface area contributed by atoms with Crippen molar-refractivity contribution in [3.05, 3.63) is 58.3 Å². The molecule has 0 amide bonds. The molecule has 0 bridgehead atoms. The van der Waals surface area contributed by atoms with Crippen LogP contribution in [-0.4, -0.2) is 52.8 Å². The molecule has 4 heterocycles. The molecule has 2 N–H and O–H groups in total. The van der Waals surface area contributed by atoms with E-state index in [-0.39, 0.29) is 12.3 Å². The Hall–Kier alpha value is -3.20. The summed E-state index contributed by atoms with van der Waals surface area (Å²) in [4.78, 5) is 27.4. The predicted molar refractivity (Wildman–Crippen MR) is 148 cm³/mol. The van der Waals surface area contributed by atoms with E-state index in [1.807, 2.05) is 12.3 Å². The topological polar surface area (TPSA) is 100 Å². The summed E-state index contributed by atoms with van der Waals surface area (Å²) in [5.74, 6) is 0.461. The molecule has 198 valence electrons. The molecule has 4 rings (SSSR count). The summed E-state index contributed by atoms with van der Waals surface area (Å²) in [6, 6.07) is 7.94.